The summed E-state index contributed by atoms with van der Waals surface area (Å²) in [5.74, 6) is 0. The van der Waals surface area contributed by atoms with Crippen LogP contribution in [0.15, 0.2) is 60.7 Å². The van der Waals surface area contributed by atoms with Crippen LogP contribution in [0.3, 0.4) is 0 Å². The molecule has 0 bridgehead atoms. The third kappa shape index (κ3) is 3.09. The van der Waals surface area contributed by atoms with Crippen molar-refractivity contribution in [1.29, 1.82) is 0 Å². The number of hydrogen-bond acceptors (Lipinski definition) is 5. The molecule has 0 amide bonds. The molecule has 2 heterocycles. The van der Waals surface area contributed by atoms with Gasteiger partial charge >= 0.3 is 0 Å². The zero-order valence-corrected chi connectivity index (χ0v) is 13.4. The van der Waals surface area contributed by atoms with E-state index in [1.165, 1.54) is 0 Å². The zero-order chi connectivity index (χ0) is 16.4. The average molecular weight is 328 g/mol. The zero-order valence-electron chi connectivity index (χ0n) is 13.4. The van der Waals surface area contributed by atoms with E-state index in [2.05, 4.69) is 0 Å². The average Bonchev–Trinajstić information content (AvgIpc) is 2.68. The normalized spacial score (nSPS) is 33.0. The van der Waals surface area contributed by atoms with E-state index in [-0.39, 0.29) is 12.2 Å². The summed E-state index contributed by atoms with van der Waals surface area (Å²) in [4.78, 5) is 0. The molecule has 4 rings (SSSR count). The van der Waals surface area contributed by atoms with Gasteiger partial charge < -0.3 is 23.7 Å². The van der Waals surface area contributed by atoms with Crippen LogP contribution in [-0.4, -0.2) is 32.2 Å². The van der Waals surface area contributed by atoms with Crippen molar-refractivity contribution >= 4 is 0 Å². The van der Waals surface area contributed by atoms with Gasteiger partial charge in [-0.05, 0) is 0 Å². The van der Waals surface area contributed by atoms with Crippen LogP contribution in [-0.2, 0) is 23.7 Å². The second-order valence-electron chi connectivity index (χ2n) is 5.83. The minimum atomic E-state index is -0.510. The van der Waals surface area contributed by atoms with E-state index in [1.807, 2.05) is 60.7 Å². The Morgan fingerprint density at radius 2 is 1.42 bits per heavy atom. The third-order valence-electron chi connectivity index (χ3n) is 4.26. The summed E-state index contributed by atoms with van der Waals surface area (Å²) in [6, 6.07) is 19.6. The van der Waals surface area contributed by atoms with Gasteiger partial charge in [-0.25, -0.2) is 0 Å². The summed E-state index contributed by atoms with van der Waals surface area (Å²) in [7, 11) is 1.62. The Kier molecular flexibility index (Phi) is 4.60. The van der Waals surface area contributed by atoms with Gasteiger partial charge in [0.05, 0.1) is 6.61 Å². The molecule has 2 aromatic carbocycles. The highest BCUT2D eigenvalue weighted by molar-refractivity contribution is 5.18. The molecule has 0 radical (unpaired) electrons. The Balaban J connectivity index is 1.51. The van der Waals surface area contributed by atoms with Gasteiger partial charge in [-0.1, -0.05) is 60.7 Å². The van der Waals surface area contributed by atoms with Crippen LogP contribution in [0.4, 0.5) is 0 Å². The van der Waals surface area contributed by atoms with Crippen molar-refractivity contribution in [3.63, 3.8) is 0 Å². The van der Waals surface area contributed by atoms with Crippen LogP contribution in [0.1, 0.15) is 23.7 Å². The minimum Gasteiger partial charge on any atom is -0.353 e. The summed E-state index contributed by atoms with van der Waals surface area (Å²) in [6.45, 7) is 0.427. The van der Waals surface area contributed by atoms with Gasteiger partial charge in [0.15, 0.2) is 18.9 Å². The summed E-state index contributed by atoms with van der Waals surface area (Å²) in [5.41, 5.74) is 1.92. The first kappa shape index (κ1) is 15.7. The van der Waals surface area contributed by atoms with E-state index in [4.69, 9.17) is 23.7 Å². The van der Waals surface area contributed by atoms with E-state index in [0.29, 0.717) is 6.61 Å². The molecule has 2 aliphatic heterocycles. The molecule has 0 unspecified atom stereocenters. The Labute approximate surface area is 141 Å². The van der Waals surface area contributed by atoms with Crippen molar-refractivity contribution in [3.05, 3.63) is 71.8 Å². The first-order chi connectivity index (χ1) is 11.8. The maximum atomic E-state index is 6.07. The maximum absolute atomic E-state index is 6.07. The number of ether oxygens (including phenoxy) is 5. The lowest BCUT2D eigenvalue weighted by Crippen LogP contribution is -2.54. The van der Waals surface area contributed by atoms with Gasteiger partial charge in [-0.2, -0.15) is 0 Å². The van der Waals surface area contributed by atoms with Crippen molar-refractivity contribution in [2.24, 2.45) is 0 Å². The maximum Gasteiger partial charge on any atom is 0.189 e. The highest BCUT2D eigenvalue weighted by Gasteiger charge is 2.45. The monoisotopic (exact) mass is 328 g/mol. The molecule has 0 N–H and O–H groups in total. The third-order valence-corrected chi connectivity index (χ3v) is 4.26. The molecule has 2 aliphatic rings. The van der Waals surface area contributed by atoms with Gasteiger partial charge in [-0.15, -0.1) is 0 Å². The fourth-order valence-electron chi connectivity index (χ4n) is 3.03. The first-order valence-corrected chi connectivity index (χ1v) is 8.06. The molecule has 0 aliphatic carbocycles. The number of rotatable bonds is 3. The lowest BCUT2D eigenvalue weighted by Gasteiger charge is -2.45. The Hall–Kier alpha value is -1.76. The fourth-order valence-corrected chi connectivity index (χ4v) is 3.03. The highest BCUT2D eigenvalue weighted by Crippen LogP contribution is 2.37. The highest BCUT2D eigenvalue weighted by atomic mass is 16.8. The van der Waals surface area contributed by atoms with E-state index in [9.17, 15) is 0 Å². The largest absolute Gasteiger partial charge is 0.353 e. The second kappa shape index (κ2) is 7.01. The molecule has 24 heavy (non-hydrogen) atoms. The molecular weight excluding hydrogens is 308 g/mol. The molecular formula is C19H20O5. The van der Waals surface area contributed by atoms with Crippen molar-refractivity contribution in [2.45, 2.75) is 31.1 Å². The van der Waals surface area contributed by atoms with Crippen LogP contribution in [0.25, 0.3) is 0 Å². The number of fused-ring (bicyclic) bond motifs is 1. The molecule has 5 nitrogen and oxygen atoms in total. The summed E-state index contributed by atoms with van der Waals surface area (Å²) >= 11 is 0. The Bertz CT molecular complexity index is 639. The minimum absolute atomic E-state index is 0.242. The van der Waals surface area contributed by atoms with Gasteiger partial charge in [-0.3, -0.25) is 0 Å². The van der Waals surface area contributed by atoms with Crippen molar-refractivity contribution < 1.29 is 23.7 Å². The van der Waals surface area contributed by atoms with Crippen molar-refractivity contribution in [1.82, 2.24) is 0 Å². The Morgan fingerprint density at radius 1 is 0.792 bits per heavy atom. The van der Waals surface area contributed by atoms with Crippen LogP contribution in [0, 0.1) is 0 Å². The molecule has 2 fully saturated rings. The second-order valence-corrected chi connectivity index (χ2v) is 5.83. The van der Waals surface area contributed by atoms with Crippen LogP contribution < -0.4 is 0 Å². The van der Waals surface area contributed by atoms with Gasteiger partial charge in [0.25, 0.3) is 0 Å². The molecule has 126 valence electrons. The number of methoxy groups -OCH3 is 1. The predicted molar refractivity (Wildman–Crippen MR) is 85.9 cm³/mol. The molecule has 2 aromatic rings. The predicted octanol–water partition coefficient (Wildman–Crippen LogP) is 3.19. The summed E-state index contributed by atoms with van der Waals surface area (Å²) in [5, 5.41) is 0. The van der Waals surface area contributed by atoms with Gasteiger partial charge in [0.1, 0.15) is 12.2 Å². The SMILES string of the molecule is CO[C@H]1O[C@@H](c2ccccc2)O[C@H]2CO[C@H](c3ccccc3)O[C@H]12. The first-order valence-electron chi connectivity index (χ1n) is 8.06. The smallest absolute Gasteiger partial charge is 0.189 e. The van der Waals surface area contributed by atoms with E-state index in [1.54, 1.807) is 7.11 Å². The summed E-state index contributed by atoms with van der Waals surface area (Å²) in [6.07, 6.45) is -2.02. The van der Waals surface area contributed by atoms with Crippen LogP contribution >= 0.6 is 0 Å². The topological polar surface area (TPSA) is 46.2 Å². The molecule has 2 saturated heterocycles. The number of benzene rings is 2. The van der Waals surface area contributed by atoms with Gasteiger partial charge in [0, 0.05) is 18.2 Å². The lowest BCUT2D eigenvalue weighted by atomic mass is 10.1. The van der Waals surface area contributed by atoms with Crippen LogP contribution in [0.5, 0.6) is 0 Å². The molecule has 0 aromatic heterocycles. The summed E-state index contributed by atoms with van der Waals surface area (Å²) < 4.78 is 29.4. The fraction of sp³-hybridized carbons (Fsp3) is 0.368. The molecule has 0 saturated carbocycles. The Morgan fingerprint density at radius 3 is 2.04 bits per heavy atom. The van der Waals surface area contributed by atoms with Crippen molar-refractivity contribution in [2.75, 3.05) is 13.7 Å². The quantitative estimate of drug-likeness (QED) is 0.866. The lowest BCUT2D eigenvalue weighted by molar-refractivity contribution is -0.400. The van der Waals surface area contributed by atoms with Crippen LogP contribution in [0.2, 0.25) is 0 Å². The molecule has 0 spiro atoms. The van der Waals surface area contributed by atoms with E-state index >= 15 is 0 Å². The van der Waals surface area contributed by atoms with Gasteiger partial charge in [0.2, 0.25) is 0 Å². The molecule has 5 atom stereocenters. The van der Waals surface area contributed by atoms with E-state index < -0.39 is 18.9 Å². The van der Waals surface area contributed by atoms with E-state index in [0.717, 1.165) is 11.1 Å². The molecule has 5 heteroatoms. The number of hydrogen-bond donors (Lipinski definition) is 0. The standard InChI is InChI=1S/C19H20O5/c1-20-19-16-15(22-18(24-19)14-10-6-3-7-11-14)12-21-17(23-16)13-8-4-2-5-9-13/h2-11,15-19H,12H2,1H3/t15-,16-,17-,18-,19-/m0/s1. The van der Waals surface area contributed by atoms with Crippen molar-refractivity contribution in [3.8, 4) is 0 Å².